The highest BCUT2D eigenvalue weighted by Crippen LogP contribution is 2.48. The van der Waals surface area contributed by atoms with Crippen LogP contribution in [0.2, 0.25) is 0 Å². The van der Waals surface area contributed by atoms with Crippen LogP contribution in [0.4, 0.5) is 11.4 Å². The van der Waals surface area contributed by atoms with Crippen molar-refractivity contribution >= 4 is 29.2 Å². The summed E-state index contributed by atoms with van der Waals surface area (Å²) in [6.45, 7) is 19.2. The van der Waals surface area contributed by atoms with Crippen LogP contribution in [-0.2, 0) is 10.8 Å². The van der Waals surface area contributed by atoms with Crippen molar-refractivity contribution < 1.29 is 14.0 Å². The lowest BCUT2D eigenvalue weighted by Crippen LogP contribution is -2.66. The first-order valence-electron chi connectivity index (χ1n) is 16.0. The van der Waals surface area contributed by atoms with Crippen LogP contribution in [0.1, 0.15) is 79.4 Å². The largest absolute Gasteiger partial charge is 0.497 e. The molecule has 5 rings (SSSR count). The molecule has 44 heavy (non-hydrogen) atoms. The molecule has 0 amide bonds. The molecular formula is C38H49N2O4+. The minimum atomic E-state index is -0.437. The Bertz CT molecular complexity index is 1770. The fourth-order valence-electron chi connectivity index (χ4n) is 7.10. The van der Waals surface area contributed by atoms with Crippen LogP contribution in [0.3, 0.4) is 0 Å². The van der Waals surface area contributed by atoms with E-state index in [2.05, 4.69) is 83.1 Å². The van der Waals surface area contributed by atoms with Crippen molar-refractivity contribution in [3.8, 4) is 11.5 Å². The van der Waals surface area contributed by atoms with Crippen LogP contribution < -0.4 is 35.7 Å². The van der Waals surface area contributed by atoms with E-state index in [4.69, 9.17) is 9.47 Å². The number of anilines is 1. The average molecular weight is 598 g/mol. The average Bonchev–Trinajstić information content (AvgIpc) is 3.33. The van der Waals surface area contributed by atoms with Crippen LogP contribution in [0.15, 0.2) is 46.0 Å². The van der Waals surface area contributed by atoms with Gasteiger partial charge in [0.25, 0.3) is 0 Å². The number of hydrogen-bond acceptors (Lipinski definition) is 5. The smallest absolute Gasteiger partial charge is 0.213 e. The van der Waals surface area contributed by atoms with Gasteiger partial charge in [0.05, 0.1) is 41.7 Å². The van der Waals surface area contributed by atoms with Gasteiger partial charge >= 0.3 is 0 Å². The van der Waals surface area contributed by atoms with Crippen LogP contribution in [0.25, 0.3) is 12.2 Å². The molecule has 1 unspecified atom stereocenters. The molecule has 0 aromatic heterocycles. The van der Waals surface area contributed by atoms with E-state index in [1.165, 1.54) is 5.56 Å². The third-order valence-electron chi connectivity index (χ3n) is 9.82. The second-order valence-corrected chi connectivity index (χ2v) is 14.4. The predicted molar refractivity (Wildman–Crippen MR) is 181 cm³/mol. The molecule has 0 saturated heterocycles. The van der Waals surface area contributed by atoms with Gasteiger partial charge in [-0.1, -0.05) is 47.6 Å². The summed E-state index contributed by atoms with van der Waals surface area (Å²) in [4.78, 5) is 30.0. The molecule has 2 aliphatic heterocycles. The summed E-state index contributed by atoms with van der Waals surface area (Å²) < 4.78 is 13.6. The summed E-state index contributed by atoms with van der Waals surface area (Å²) in [6, 6.07) is 12.2. The van der Waals surface area contributed by atoms with E-state index in [0.717, 1.165) is 60.1 Å². The Kier molecular flexibility index (Phi) is 8.43. The van der Waals surface area contributed by atoms with E-state index < -0.39 is 5.41 Å². The van der Waals surface area contributed by atoms with Gasteiger partial charge in [0.2, 0.25) is 16.5 Å². The van der Waals surface area contributed by atoms with Gasteiger partial charge in [-0.3, -0.25) is 9.59 Å². The minimum Gasteiger partial charge on any atom is -0.497 e. The summed E-state index contributed by atoms with van der Waals surface area (Å²) in [5, 5.41) is 0.563. The van der Waals surface area contributed by atoms with Gasteiger partial charge < -0.3 is 14.4 Å². The first-order valence-corrected chi connectivity index (χ1v) is 16.0. The quantitative estimate of drug-likeness (QED) is 0.301. The van der Waals surface area contributed by atoms with E-state index in [1.54, 1.807) is 14.2 Å². The molecule has 0 saturated carbocycles. The van der Waals surface area contributed by atoms with Crippen molar-refractivity contribution in [1.82, 2.24) is 0 Å². The highest BCUT2D eigenvalue weighted by molar-refractivity contribution is 6.15. The molecule has 0 N–H and O–H groups in total. The van der Waals surface area contributed by atoms with E-state index in [0.29, 0.717) is 17.1 Å². The Labute approximate surface area is 262 Å². The number of ether oxygens (including phenoxy) is 2. The SMILES string of the molecule is COc1ccc2c(c1)C(C)(C)C(C=c1c(=O)c(=CC3=[N+](CCC(C)C)c4cccc(OC)c4C3(C)C)c1=O)N2CCC(C)C. The zero-order valence-corrected chi connectivity index (χ0v) is 28.2. The van der Waals surface area contributed by atoms with E-state index in [-0.39, 0.29) is 27.5 Å². The molecule has 3 aromatic rings. The van der Waals surface area contributed by atoms with Crippen LogP contribution in [0.5, 0.6) is 11.5 Å². The number of methoxy groups -OCH3 is 2. The van der Waals surface area contributed by atoms with E-state index in [1.807, 2.05) is 30.4 Å². The van der Waals surface area contributed by atoms with Gasteiger partial charge in [0, 0.05) is 36.2 Å². The fraction of sp³-hybridized carbons (Fsp3) is 0.500. The van der Waals surface area contributed by atoms with Gasteiger partial charge in [-0.05, 0) is 68.0 Å². The molecule has 234 valence electrons. The van der Waals surface area contributed by atoms with Crippen molar-refractivity contribution in [2.45, 2.75) is 85.1 Å². The maximum atomic E-state index is 13.8. The molecule has 0 bridgehead atoms. The van der Waals surface area contributed by atoms with Crippen LogP contribution in [-0.4, -0.2) is 43.6 Å². The highest BCUT2D eigenvalue weighted by atomic mass is 16.5. The molecule has 2 aliphatic rings. The molecule has 0 fully saturated rings. The molecule has 1 atom stereocenters. The van der Waals surface area contributed by atoms with Gasteiger partial charge in [0.1, 0.15) is 18.0 Å². The Morgan fingerprint density at radius 3 is 2.20 bits per heavy atom. The molecule has 0 spiro atoms. The lowest BCUT2D eigenvalue weighted by molar-refractivity contribution is -0.438. The maximum Gasteiger partial charge on any atom is 0.213 e. The molecule has 6 heteroatoms. The second-order valence-electron chi connectivity index (χ2n) is 14.4. The Morgan fingerprint density at radius 1 is 0.909 bits per heavy atom. The Hall–Kier alpha value is -3.67. The zero-order chi connectivity index (χ0) is 32.1. The zero-order valence-electron chi connectivity index (χ0n) is 28.2. The lowest BCUT2D eigenvalue weighted by Gasteiger charge is -2.33. The molecule has 0 aliphatic carbocycles. The van der Waals surface area contributed by atoms with Gasteiger partial charge in [-0.15, -0.1) is 0 Å². The highest BCUT2D eigenvalue weighted by Gasteiger charge is 2.47. The number of benzene rings is 2. The third kappa shape index (κ3) is 5.20. The topological polar surface area (TPSA) is 58.9 Å². The number of hydrogen-bond donors (Lipinski definition) is 0. The van der Waals surface area contributed by atoms with Crippen molar-refractivity contribution in [1.29, 1.82) is 0 Å². The van der Waals surface area contributed by atoms with Crippen molar-refractivity contribution in [2.75, 3.05) is 32.2 Å². The monoisotopic (exact) mass is 597 g/mol. The number of rotatable bonds is 10. The lowest BCUT2D eigenvalue weighted by atomic mass is 9.79. The molecule has 3 aromatic carbocycles. The number of nitrogens with zero attached hydrogens (tertiary/aromatic N) is 2. The predicted octanol–water partition coefficient (Wildman–Crippen LogP) is 5.20. The maximum absolute atomic E-state index is 13.8. The molecule has 6 nitrogen and oxygen atoms in total. The number of fused-ring (bicyclic) bond motifs is 2. The summed E-state index contributed by atoms with van der Waals surface area (Å²) >= 11 is 0. The summed E-state index contributed by atoms with van der Waals surface area (Å²) in [6.07, 6.45) is 5.80. The molecule has 0 radical (unpaired) electrons. The second kappa shape index (κ2) is 11.7. The van der Waals surface area contributed by atoms with Crippen LogP contribution >= 0.6 is 0 Å². The Morgan fingerprint density at radius 2 is 1.59 bits per heavy atom. The third-order valence-corrected chi connectivity index (χ3v) is 9.82. The normalized spacial score (nSPS) is 18.3. The summed E-state index contributed by atoms with van der Waals surface area (Å²) in [7, 11) is 3.38. The van der Waals surface area contributed by atoms with Gasteiger partial charge in [-0.2, -0.15) is 4.58 Å². The van der Waals surface area contributed by atoms with Gasteiger partial charge in [0.15, 0.2) is 5.71 Å². The van der Waals surface area contributed by atoms with E-state index in [9.17, 15) is 9.59 Å². The fourth-order valence-corrected chi connectivity index (χ4v) is 7.10. The van der Waals surface area contributed by atoms with Crippen molar-refractivity contribution in [3.63, 3.8) is 0 Å². The summed E-state index contributed by atoms with van der Waals surface area (Å²) in [5.74, 6) is 2.68. The molecule has 2 heterocycles. The Balaban J connectivity index is 1.63. The van der Waals surface area contributed by atoms with Crippen molar-refractivity contribution in [2.24, 2.45) is 11.8 Å². The standard InChI is InChI=1S/C38H49N2O4/c1-23(2)16-18-39-29-15-14-25(43-9)20-28(29)37(5,6)32(39)21-26-35(41)27(36(26)42)22-33-38(7,8)34-30(12-11-13-31(34)44-10)40(33)19-17-24(3)4/h11-15,20-24,32H,16-19H2,1-10H3/q+1. The van der Waals surface area contributed by atoms with Gasteiger partial charge in [-0.25, -0.2) is 0 Å². The molecular weight excluding hydrogens is 548 g/mol. The first kappa shape index (κ1) is 31.7. The van der Waals surface area contributed by atoms with E-state index >= 15 is 0 Å². The summed E-state index contributed by atoms with van der Waals surface area (Å²) in [5.41, 5.74) is 4.37. The van der Waals surface area contributed by atoms with Crippen molar-refractivity contribution in [3.05, 3.63) is 78.4 Å². The van der Waals surface area contributed by atoms with Crippen LogP contribution in [0, 0.1) is 11.8 Å². The minimum absolute atomic E-state index is 0.126. The first-order chi connectivity index (χ1) is 20.7.